The van der Waals surface area contributed by atoms with Crippen molar-refractivity contribution < 1.29 is 4.79 Å². The minimum Gasteiger partial charge on any atom is -0.363 e. The zero-order valence-corrected chi connectivity index (χ0v) is 12.8. The minimum absolute atomic E-state index is 0.0286. The topological polar surface area (TPSA) is 61.4 Å². The molecule has 0 unspecified atom stereocenters. The standard InChI is InChI=1S/C14H23N5O/c1-14(2,3)17-12(20)10-8-19(9-10)13-15-7-6-11(16-13)18(4)5/h6-7,10H,8-9H2,1-5H3,(H,17,20). The first kappa shape index (κ1) is 14.6. The van der Waals surface area contributed by atoms with E-state index < -0.39 is 0 Å². The highest BCUT2D eigenvalue weighted by Crippen LogP contribution is 2.23. The molecule has 6 nitrogen and oxygen atoms in total. The molecule has 1 amide bonds. The molecule has 0 aromatic carbocycles. The van der Waals surface area contributed by atoms with E-state index >= 15 is 0 Å². The van der Waals surface area contributed by atoms with Gasteiger partial charge in [-0.1, -0.05) is 0 Å². The van der Waals surface area contributed by atoms with Crippen LogP contribution in [0.2, 0.25) is 0 Å². The monoisotopic (exact) mass is 277 g/mol. The van der Waals surface area contributed by atoms with Crippen LogP contribution in [0.25, 0.3) is 0 Å². The van der Waals surface area contributed by atoms with Crippen LogP contribution in [0.1, 0.15) is 20.8 Å². The van der Waals surface area contributed by atoms with Crippen molar-refractivity contribution in [2.24, 2.45) is 5.92 Å². The number of nitrogens with zero attached hydrogens (tertiary/aromatic N) is 4. The molecule has 1 saturated heterocycles. The molecule has 2 rings (SSSR count). The Kier molecular flexibility index (Phi) is 3.83. The molecular weight excluding hydrogens is 254 g/mol. The number of carbonyl (C=O) groups excluding carboxylic acids is 1. The van der Waals surface area contributed by atoms with Crippen molar-refractivity contribution in [3.05, 3.63) is 12.3 Å². The molecule has 20 heavy (non-hydrogen) atoms. The maximum atomic E-state index is 12.0. The lowest BCUT2D eigenvalue weighted by molar-refractivity contribution is -0.127. The second-order valence-corrected chi connectivity index (χ2v) is 6.45. The first-order chi connectivity index (χ1) is 9.26. The van der Waals surface area contributed by atoms with Crippen molar-refractivity contribution in [1.82, 2.24) is 15.3 Å². The third-order valence-corrected chi connectivity index (χ3v) is 3.12. The number of amides is 1. The van der Waals surface area contributed by atoms with Gasteiger partial charge in [-0.2, -0.15) is 4.98 Å². The maximum Gasteiger partial charge on any atom is 0.227 e. The number of hydrogen-bond acceptors (Lipinski definition) is 5. The van der Waals surface area contributed by atoms with Crippen molar-refractivity contribution in [2.45, 2.75) is 26.3 Å². The van der Waals surface area contributed by atoms with Crippen LogP contribution in [0.15, 0.2) is 12.3 Å². The zero-order valence-electron chi connectivity index (χ0n) is 12.8. The van der Waals surface area contributed by atoms with Crippen molar-refractivity contribution >= 4 is 17.7 Å². The zero-order chi connectivity index (χ0) is 14.9. The smallest absolute Gasteiger partial charge is 0.227 e. The van der Waals surface area contributed by atoms with E-state index in [4.69, 9.17) is 0 Å². The van der Waals surface area contributed by atoms with E-state index in [1.165, 1.54) is 0 Å². The number of rotatable bonds is 3. The molecule has 1 aliphatic heterocycles. The molecule has 6 heteroatoms. The fraction of sp³-hybridized carbons (Fsp3) is 0.643. The largest absolute Gasteiger partial charge is 0.363 e. The van der Waals surface area contributed by atoms with E-state index in [-0.39, 0.29) is 17.4 Å². The summed E-state index contributed by atoms with van der Waals surface area (Å²) in [5, 5.41) is 3.01. The fourth-order valence-corrected chi connectivity index (χ4v) is 2.02. The minimum atomic E-state index is -0.182. The van der Waals surface area contributed by atoms with Crippen molar-refractivity contribution in [2.75, 3.05) is 37.0 Å². The number of nitrogens with one attached hydrogen (secondary N) is 1. The predicted octanol–water partition coefficient (Wildman–Crippen LogP) is 0.893. The van der Waals surface area contributed by atoms with Crippen LogP contribution >= 0.6 is 0 Å². The Morgan fingerprint density at radius 3 is 2.60 bits per heavy atom. The molecule has 1 aromatic rings. The highest BCUT2D eigenvalue weighted by Gasteiger charge is 2.35. The van der Waals surface area contributed by atoms with Crippen LogP contribution in [0.3, 0.4) is 0 Å². The molecule has 0 bridgehead atoms. The second kappa shape index (κ2) is 5.26. The van der Waals surface area contributed by atoms with Gasteiger partial charge in [0.1, 0.15) is 5.82 Å². The van der Waals surface area contributed by atoms with E-state index in [2.05, 4.69) is 15.3 Å². The normalized spacial score (nSPS) is 15.8. The highest BCUT2D eigenvalue weighted by atomic mass is 16.2. The lowest BCUT2D eigenvalue weighted by atomic mass is 9.98. The van der Waals surface area contributed by atoms with E-state index in [1.54, 1.807) is 6.20 Å². The average Bonchev–Trinajstić information content (AvgIpc) is 2.24. The molecule has 0 spiro atoms. The quantitative estimate of drug-likeness (QED) is 0.889. The summed E-state index contributed by atoms with van der Waals surface area (Å²) in [4.78, 5) is 24.7. The van der Waals surface area contributed by atoms with E-state index in [0.29, 0.717) is 19.0 Å². The summed E-state index contributed by atoms with van der Waals surface area (Å²) in [5.41, 5.74) is -0.182. The predicted molar refractivity (Wildman–Crippen MR) is 80.0 cm³/mol. The van der Waals surface area contributed by atoms with Gasteiger partial charge in [-0.15, -0.1) is 0 Å². The van der Waals surface area contributed by atoms with Crippen LogP contribution < -0.4 is 15.1 Å². The third-order valence-electron chi connectivity index (χ3n) is 3.12. The third kappa shape index (κ3) is 3.37. The molecule has 1 aliphatic rings. The van der Waals surface area contributed by atoms with Gasteiger partial charge in [0.25, 0.3) is 0 Å². The van der Waals surface area contributed by atoms with Gasteiger partial charge in [0.05, 0.1) is 5.92 Å². The molecule has 1 N–H and O–H groups in total. The first-order valence-corrected chi connectivity index (χ1v) is 6.83. The van der Waals surface area contributed by atoms with Crippen molar-refractivity contribution in [1.29, 1.82) is 0 Å². The lowest BCUT2D eigenvalue weighted by Gasteiger charge is -2.39. The van der Waals surface area contributed by atoms with Crippen molar-refractivity contribution in [3.63, 3.8) is 0 Å². The number of carbonyl (C=O) groups is 1. The molecule has 0 aliphatic carbocycles. The second-order valence-electron chi connectivity index (χ2n) is 6.45. The number of hydrogen-bond donors (Lipinski definition) is 1. The van der Waals surface area contributed by atoms with Crippen LogP contribution in [-0.2, 0) is 4.79 Å². The summed E-state index contributed by atoms with van der Waals surface area (Å²) in [6.45, 7) is 7.33. The summed E-state index contributed by atoms with van der Waals surface area (Å²) < 4.78 is 0. The van der Waals surface area contributed by atoms with Crippen LogP contribution in [0.4, 0.5) is 11.8 Å². The maximum absolute atomic E-state index is 12.0. The van der Waals surface area contributed by atoms with Gasteiger partial charge >= 0.3 is 0 Å². The Morgan fingerprint density at radius 2 is 2.05 bits per heavy atom. The summed E-state index contributed by atoms with van der Waals surface area (Å²) >= 11 is 0. The Bertz CT molecular complexity index is 489. The van der Waals surface area contributed by atoms with Gasteiger partial charge in [-0.3, -0.25) is 4.79 Å². The molecule has 110 valence electrons. The van der Waals surface area contributed by atoms with Crippen molar-refractivity contribution in [3.8, 4) is 0 Å². The summed E-state index contributed by atoms with van der Waals surface area (Å²) in [5.74, 6) is 1.70. The molecule has 2 heterocycles. The summed E-state index contributed by atoms with van der Waals surface area (Å²) in [6, 6.07) is 1.87. The van der Waals surface area contributed by atoms with Gasteiger partial charge in [0, 0.05) is 38.9 Å². The number of aromatic nitrogens is 2. The Hall–Kier alpha value is -1.85. The molecule has 0 atom stereocenters. The van der Waals surface area contributed by atoms with Crippen LogP contribution in [0.5, 0.6) is 0 Å². The molecular formula is C14H23N5O. The first-order valence-electron chi connectivity index (χ1n) is 6.83. The van der Waals surface area contributed by atoms with Gasteiger partial charge in [-0.05, 0) is 26.8 Å². The van der Waals surface area contributed by atoms with Gasteiger partial charge < -0.3 is 15.1 Å². The SMILES string of the molecule is CN(C)c1ccnc(N2CC(C(=O)NC(C)(C)C)C2)n1. The fourth-order valence-electron chi connectivity index (χ4n) is 2.02. The Balaban J connectivity index is 1.93. The van der Waals surface area contributed by atoms with Crippen LogP contribution in [-0.4, -0.2) is 48.6 Å². The Labute approximate surface area is 120 Å². The van der Waals surface area contributed by atoms with Gasteiger partial charge in [0.2, 0.25) is 11.9 Å². The van der Waals surface area contributed by atoms with E-state index in [9.17, 15) is 4.79 Å². The molecule has 1 fully saturated rings. The molecule has 0 saturated carbocycles. The van der Waals surface area contributed by atoms with E-state index in [1.807, 2.05) is 50.7 Å². The van der Waals surface area contributed by atoms with Crippen LogP contribution in [0, 0.1) is 5.92 Å². The molecule has 1 aromatic heterocycles. The van der Waals surface area contributed by atoms with E-state index in [0.717, 1.165) is 5.82 Å². The number of anilines is 2. The van der Waals surface area contributed by atoms with Gasteiger partial charge in [-0.25, -0.2) is 4.98 Å². The lowest BCUT2D eigenvalue weighted by Crippen LogP contribution is -2.57. The summed E-state index contributed by atoms with van der Waals surface area (Å²) in [7, 11) is 3.89. The Morgan fingerprint density at radius 1 is 1.40 bits per heavy atom. The molecule has 0 radical (unpaired) electrons. The van der Waals surface area contributed by atoms with Gasteiger partial charge in [0.15, 0.2) is 0 Å². The highest BCUT2D eigenvalue weighted by molar-refractivity contribution is 5.82. The summed E-state index contributed by atoms with van der Waals surface area (Å²) in [6.07, 6.45) is 1.75. The average molecular weight is 277 g/mol.